The van der Waals surface area contributed by atoms with Gasteiger partial charge in [-0.05, 0) is 67.8 Å². The molecule has 0 saturated heterocycles. The fourth-order valence-electron chi connectivity index (χ4n) is 2.92. The van der Waals surface area contributed by atoms with Gasteiger partial charge in [0.1, 0.15) is 17.4 Å². The minimum absolute atomic E-state index is 0.202. The normalized spacial score (nSPS) is 11.7. The lowest BCUT2D eigenvalue weighted by Crippen LogP contribution is -2.40. The molecule has 4 nitrogen and oxygen atoms in total. The molecule has 0 saturated carbocycles. The van der Waals surface area contributed by atoms with Gasteiger partial charge in [0.15, 0.2) is 6.10 Å². The van der Waals surface area contributed by atoms with E-state index in [2.05, 4.69) is 4.98 Å². The lowest BCUT2D eigenvalue weighted by atomic mass is 10.1. The van der Waals surface area contributed by atoms with Crippen LogP contribution >= 0.6 is 0 Å². The lowest BCUT2D eigenvalue weighted by Gasteiger charge is -2.26. The summed E-state index contributed by atoms with van der Waals surface area (Å²) in [5.74, 6) is 0.579. The summed E-state index contributed by atoms with van der Waals surface area (Å²) in [5, 5.41) is 0. The maximum atomic E-state index is 13.6. The number of halogens is 1. The molecule has 5 heteroatoms. The highest BCUT2D eigenvalue weighted by Gasteiger charge is 2.25. The van der Waals surface area contributed by atoms with Crippen LogP contribution in [0.15, 0.2) is 66.9 Å². The van der Waals surface area contributed by atoms with Gasteiger partial charge in [-0.2, -0.15) is 0 Å². The van der Waals surface area contributed by atoms with Crippen LogP contribution in [0, 0.1) is 19.7 Å². The number of hydrogen-bond acceptors (Lipinski definition) is 3. The van der Waals surface area contributed by atoms with Crippen molar-refractivity contribution in [3.63, 3.8) is 0 Å². The predicted octanol–water partition coefficient (Wildman–Crippen LogP) is 4.84. The third-order valence-corrected chi connectivity index (χ3v) is 4.63. The van der Waals surface area contributed by atoms with E-state index in [4.69, 9.17) is 4.74 Å². The number of pyridine rings is 1. The second kappa shape index (κ2) is 8.65. The van der Waals surface area contributed by atoms with Crippen LogP contribution in [0.3, 0.4) is 0 Å². The van der Waals surface area contributed by atoms with Gasteiger partial charge in [0.2, 0.25) is 0 Å². The molecule has 0 bridgehead atoms. The minimum Gasteiger partial charge on any atom is -0.481 e. The first-order valence-electron chi connectivity index (χ1n) is 9.15. The van der Waals surface area contributed by atoms with E-state index in [1.807, 2.05) is 38.1 Å². The van der Waals surface area contributed by atoms with Crippen molar-refractivity contribution >= 4 is 11.7 Å². The summed E-state index contributed by atoms with van der Waals surface area (Å²) < 4.78 is 19.6. The number of aryl methyl sites for hydroxylation is 1. The zero-order valence-electron chi connectivity index (χ0n) is 16.2. The van der Waals surface area contributed by atoms with E-state index in [9.17, 15) is 9.18 Å². The smallest absolute Gasteiger partial charge is 0.269 e. The van der Waals surface area contributed by atoms with Gasteiger partial charge >= 0.3 is 0 Å². The Morgan fingerprint density at radius 1 is 1.11 bits per heavy atom. The Balaban J connectivity index is 1.86. The van der Waals surface area contributed by atoms with Crippen molar-refractivity contribution in [2.45, 2.75) is 33.4 Å². The molecule has 0 fully saturated rings. The molecule has 3 aromatic rings. The van der Waals surface area contributed by atoms with Crippen molar-refractivity contribution in [1.29, 1.82) is 0 Å². The van der Waals surface area contributed by atoms with E-state index in [1.54, 1.807) is 37.4 Å². The Labute approximate surface area is 164 Å². The molecular weight excluding hydrogens is 355 g/mol. The molecule has 0 aliphatic heterocycles. The molecule has 0 aliphatic carbocycles. The van der Waals surface area contributed by atoms with E-state index in [0.717, 1.165) is 11.1 Å². The summed E-state index contributed by atoms with van der Waals surface area (Å²) in [6, 6.07) is 17.3. The van der Waals surface area contributed by atoms with Crippen molar-refractivity contribution in [2.24, 2.45) is 0 Å². The quantitative estimate of drug-likeness (QED) is 0.616. The topological polar surface area (TPSA) is 42.4 Å². The molecule has 144 valence electrons. The van der Waals surface area contributed by atoms with Gasteiger partial charge in [-0.1, -0.05) is 30.3 Å². The second-order valence-electron chi connectivity index (χ2n) is 6.70. The standard InChI is InChI=1S/C23H23FN2O2/c1-16-8-6-11-21(17(16)2)28-18(3)23(27)26(22-12-4-5-13-25-22)15-19-9-7-10-20(24)14-19/h4-14,18H,15H2,1-3H3/t18-/m1/s1. The van der Waals surface area contributed by atoms with Gasteiger partial charge in [-0.15, -0.1) is 0 Å². The number of ether oxygens (including phenoxy) is 1. The lowest BCUT2D eigenvalue weighted by molar-refractivity contribution is -0.124. The van der Waals surface area contributed by atoms with Crippen LogP contribution < -0.4 is 9.64 Å². The van der Waals surface area contributed by atoms with Crippen LogP contribution in [-0.2, 0) is 11.3 Å². The summed E-state index contributed by atoms with van der Waals surface area (Å²) in [7, 11) is 0. The predicted molar refractivity (Wildman–Crippen MR) is 108 cm³/mol. The maximum Gasteiger partial charge on any atom is 0.269 e. The largest absolute Gasteiger partial charge is 0.481 e. The second-order valence-corrected chi connectivity index (χ2v) is 6.70. The first kappa shape index (κ1) is 19.5. The number of rotatable bonds is 6. The van der Waals surface area contributed by atoms with Gasteiger partial charge in [0.05, 0.1) is 6.54 Å². The van der Waals surface area contributed by atoms with Crippen molar-refractivity contribution in [2.75, 3.05) is 4.90 Å². The van der Waals surface area contributed by atoms with E-state index in [-0.39, 0.29) is 18.3 Å². The molecule has 0 radical (unpaired) electrons. The van der Waals surface area contributed by atoms with Crippen LogP contribution in [-0.4, -0.2) is 17.0 Å². The van der Waals surface area contributed by atoms with Gasteiger partial charge in [0.25, 0.3) is 5.91 Å². The van der Waals surface area contributed by atoms with E-state index in [0.29, 0.717) is 17.1 Å². The SMILES string of the molecule is Cc1cccc(O[C@H](C)C(=O)N(Cc2cccc(F)c2)c2ccccn2)c1C. The molecular formula is C23H23FN2O2. The van der Waals surface area contributed by atoms with Gasteiger partial charge in [-0.25, -0.2) is 9.37 Å². The number of nitrogens with zero attached hydrogens (tertiary/aromatic N) is 2. The Morgan fingerprint density at radius 3 is 2.61 bits per heavy atom. The third kappa shape index (κ3) is 4.55. The summed E-state index contributed by atoms with van der Waals surface area (Å²) in [6.45, 7) is 5.88. The first-order valence-corrected chi connectivity index (χ1v) is 9.15. The molecule has 1 atom stereocenters. The van der Waals surface area contributed by atoms with Crippen molar-refractivity contribution in [3.05, 3.63) is 89.4 Å². The minimum atomic E-state index is -0.726. The number of hydrogen-bond donors (Lipinski definition) is 0. The van der Waals surface area contributed by atoms with E-state index < -0.39 is 6.10 Å². The van der Waals surface area contributed by atoms with Gasteiger partial charge in [-0.3, -0.25) is 9.69 Å². The Bertz CT molecular complexity index is 960. The number of benzene rings is 2. The fraction of sp³-hybridized carbons (Fsp3) is 0.217. The average Bonchev–Trinajstić information content (AvgIpc) is 2.70. The average molecular weight is 378 g/mol. The monoisotopic (exact) mass is 378 g/mol. The van der Waals surface area contributed by atoms with Crippen molar-refractivity contribution in [1.82, 2.24) is 4.98 Å². The number of aromatic nitrogens is 1. The van der Waals surface area contributed by atoms with Crippen LogP contribution in [0.5, 0.6) is 5.75 Å². The zero-order chi connectivity index (χ0) is 20.1. The van der Waals surface area contributed by atoms with Gasteiger partial charge in [0, 0.05) is 6.20 Å². The molecule has 0 aliphatic rings. The number of amides is 1. The maximum absolute atomic E-state index is 13.6. The van der Waals surface area contributed by atoms with Crippen molar-refractivity contribution in [3.8, 4) is 5.75 Å². The van der Waals surface area contributed by atoms with Crippen molar-refractivity contribution < 1.29 is 13.9 Å². The summed E-state index contributed by atoms with van der Waals surface area (Å²) >= 11 is 0. The van der Waals surface area contributed by atoms with E-state index in [1.165, 1.54) is 17.0 Å². The summed E-state index contributed by atoms with van der Waals surface area (Å²) in [4.78, 5) is 19.0. The third-order valence-electron chi connectivity index (χ3n) is 4.63. The number of anilines is 1. The Kier molecular flexibility index (Phi) is 6.04. The Morgan fingerprint density at radius 2 is 1.89 bits per heavy atom. The molecule has 1 amide bonds. The van der Waals surface area contributed by atoms with E-state index >= 15 is 0 Å². The molecule has 2 aromatic carbocycles. The molecule has 0 spiro atoms. The summed E-state index contributed by atoms with van der Waals surface area (Å²) in [6.07, 6.45) is 0.897. The molecule has 0 N–H and O–H groups in total. The molecule has 1 aromatic heterocycles. The van der Waals surface area contributed by atoms with Crippen LogP contribution in [0.25, 0.3) is 0 Å². The number of carbonyl (C=O) groups excluding carboxylic acids is 1. The van der Waals surface area contributed by atoms with Gasteiger partial charge < -0.3 is 4.74 Å². The highest BCUT2D eigenvalue weighted by Crippen LogP contribution is 2.23. The highest BCUT2D eigenvalue weighted by molar-refractivity contribution is 5.95. The molecule has 28 heavy (non-hydrogen) atoms. The summed E-state index contributed by atoms with van der Waals surface area (Å²) in [5.41, 5.74) is 2.77. The Hall–Kier alpha value is -3.21. The fourth-order valence-corrected chi connectivity index (χ4v) is 2.92. The number of carbonyl (C=O) groups is 1. The van der Waals surface area contributed by atoms with Crippen LogP contribution in [0.4, 0.5) is 10.2 Å². The first-order chi connectivity index (χ1) is 13.5. The van der Waals surface area contributed by atoms with Crippen LogP contribution in [0.2, 0.25) is 0 Å². The highest BCUT2D eigenvalue weighted by atomic mass is 19.1. The molecule has 3 rings (SSSR count). The van der Waals surface area contributed by atoms with Crippen LogP contribution in [0.1, 0.15) is 23.6 Å². The molecule has 1 heterocycles. The zero-order valence-corrected chi connectivity index (χ0v) is 16.2. The molecule has 0 unspecified atom stereocenters.